The van der Waals surface area contributed by atoms with E-state index in [4.69, 9.17) is 9.73 Å². The fraction of sp³-hybridized carbons (Fsp3) is 0.128. The average molecular weight is 594 g/mol. The number of nitrogens with one attached hydrogen (secondary N) is 1. The third-order valence-corrected chi connectivity index (χ3v) is 7.66. The van der Waals surface area contributed by atoms with Crippen molar-refractivity contribution in [2.75, 3.05) is 6.61 Å². The van der Waals surface area contributed by atoms with E-state index in [-0.39, 0.29) is 5.88 Å². The molecule has 0 radical (unpaired) electrons. The molecule has 0 unspecified atom stereocenters. The zero-order valence-corrected chi connectivity index (χ0v) is 25.2. The minimum absolute atomic E-state index is 0.0114. The molecule has 0 fully saturated rings. The van der Waals surface area contributed by atoms with Crippen LogP contribution >= 0.6 is 0 Å². The minimum Gasteiger partial charge on any atom is -0.494 e. The molecule has 0 amide bonds. The van der Waals surface area contributed by atoms with Crippen molar-refractivity contribution in [2.45, 2.75) is 26.6 Å². The number of aromatic amines is 1. The second kappa shape index (κ2) is 13.9. The van der Waals surface area contributed by atoms with E-state index in [1.54, 1.807) is 19.1 Å². The molecule has 6 nitrogen and oxygen atoms in total. The molecule has 0 atom stereocenters. The molecule has 6 rings (SSSR count). The summed E-state index contributed by atoms with van der Waals surface area (Å²) in [6.07, 6.45) is 0. The summed E-state index contributed by atoms with van der Waals surface area (Å²) in [7, 11) is 0. The molecule has 0 spiro atoms. The van der Waals surface area contributed by atoms with Gasteiger partial charge in [-0.05, 0) is 47.9 Å². The summed E-state index contributed by atoms with van der Waals surface area (Å²) in [6, 6.07) is 44.4. The van der Waals surface area contributed by atoms with E-state index in [0.29, 0.717) is 29.0 Å². The Morgan fingerprint density at radius 1 is 0.711 bits per heavy atom. The van der Waals surface area contributed by atoms with Crippen LogP contribution in [0.15, 0.2) is 138 Å². The van der Waals surface area contributed by atoms with Crippen molar-refractivity contribution >= 4 is 28.3 Å². The number of carbonyl (C=O) groups excluding carboxylic acids is 1. The molecule has 1 aromatic heterocycles. The van der Waals surface area contributed by atoms with Crippen LogP contribution < -0.4 is 0 Å². The number of nitrogens with zero attached hydrogens (tertiary/aromatic N) is 2. The predicted octanol–water partition coefficient (Wildman–Crippen LogP) is 8.42. The van der Waals surface area contributed by atoms with Gasteiger partial charge in [-0.1, -0.05) is 109 Å². The Morgan fingerprint density at radius 2 is 1.27 bits per heavy atom. The lowest BCUT2D eigenvalue weighted by Crippen LogP contribution is -2.22. The number of fused-ring (bicyclic) bond motifs is 1. The smallest absolute Gasteiger partial charge is 0.338 e. The number of esters is 1. The van der Waals surface area contributed by atoms with E-state index in [0.717, 1.165) is 36.3 Å². The van der Waals surface area contributed by atoms with Gasteiger partial charge in [-0.15, -0.1) is 0 Å². The second-order valence-corrected chi connectivity index (χ2v) is 10.9. The van der Waals surface area contributed by atoms with Gasteiger partial charge in [0, 0.05) is 36.1 Å². The maximum atomic E-state index is 12.3. The van der Waals surface area contributed by atoms with Gasteiger partial charge >= 0.3 is 5.97 Å². The monoisotopic (exact) mass is 593 g/mol. The molecular formula is C39H35N3O3. The fourth-order valence-corrected chi connectivity index (χ4v) is 5.54. The van der Waals surface area contributed by atoms with E-state index in [1.165, 1.54) is 16.7 Å². The Labute approximate surface area is 263 Å². The van der Waals surface area contributed by atoms with Crippen LogP contribution in [0.1, 0.15) is 45.1 Å². The summed E-state index contributed by atoms with van der Waals surface area (Å²) in [5.41, 5.74) is 7.62. The third-order valence-electron chi connectivity index (χ3n) is 7.66. The number of H-pyrrole nitrogens is 1. The van der Waals surface area contributed by atoms with Crippen LogP contribution in [0, 0.1) is 0 Å². The first-order valence-electron chi connectivity index (χ1n) is 15.1. The van der Waals surface area contributed by atoms with Crippen LogP contribution in [0.3, 0.4) is 0 Å². The zero-order chi connectivity index (χ0) is 31.0. The normalized spacial score (nSPS) is 11.6. The van der Waals surface area contributed by atoms with E-state index in [1.807, 2.05) is 60.7 Å². The summed E-state index contributed by atoms with van der Waals surface area (Å²) in [5, 5.41) is 11.9. The highest BCUT2D eigenvalue weighted by Crippen LogP contribution is 2.32. The van der Waals surface area contributed by atoms with Crippen LogP contribution in [0.5, 0.6) is 5.88 Å². The largest absolute Gasteiger partial charge is 0.494 e. The van der Waals surface area contributed by atoms with Crippen molar-refractivity contribution in [3.05, 3.63) is 167 Å². The Bertz CT molecular complexity index is 1860. The number of aliphatic imine (C=N–C) groups is 1. The van der Waals surface area contributed by atoms with E-state index < -0.39 is 5.97 Å². The number of aromatic hydroxyl groups is 1. The van der Waals surface area contributed by atoms with Gasteiger partial charge in [0.15, 0.2) is 5.88 Å². The van der Waals surface area contributed by atoms with Gasteiger partial charge in [0.05, 0.1) is 29.1 Å². The molecule has 2 N–H and O–H groups in total. The Kier molecular flexibility index (Phi) is 9.14. The van der Waals surface area contributed by atoms with Gasteiger partial charge in [0.1, 0.15) is 0 Å². The number of carbonyl (C=O) groups is 1. The predicted molar refractivity (Wildman–Crippen MR) is 180 cm³/mol. The molecule has 5 aromatic carbocycles. The Balaban J connectivity index is 1.31. The lowest BCUT2D eigenvalue weighted by molar-refractivity contribution is 0.0526. The Hall–Kier alpha value is -5.46. The number of ether oxygens (including phenoxy) is 1. The van der Waals surface area contributed by atoms with Crippen molar-refractivity contribution in [2.24, 2.45) is 4.99 Å². The Morgan fingerprint density at radius 3 is 1.84 bits per heavy atom. The first-order chi connectivity index (χ1) is 22.1. The number of aromatic nitrogens is 1. The van der Waals surface area contributed by atoms with E-state index >= 15 is 0 Å². The summed E-state index contributed by atoms with van der Waals surface area (Å²) in [5.74, 6) is -0.416. The molecule has 6 heteroatoms. The molecule has 0 saturated carbocycles. The lowest BCUT2D eigenvalue weighted by Gasteiger charge is -2.23. The topological polar surface area (TPSA) is 77.9 Å². The molecule has 0 aliphatic rings. The van der Waals surface area contributed by atoms with Gasteiger partial charge in [-0.2, -0.15) is 0 Å². The molecule has 224 valence electrons. The SMILES string of the molecule is CCOC(=O)c1ccc2c(C(=Nc3ccc(CN(Cc4ccccc4)Cc4ccccc4)cc3)c3ccccc3)c(O)[nH]c2c1. The standard InChI is InChI=1S/C39H35N3O3/c1-2-45-39(44)32-20-23-34-35(24-32)41-38(43)36(34)37(31-16-10-5-11-17-31)40-33-21-18-30(19-22-33)27-42(25-28-12-6-3-7-13-28)26-29-14-8-4-9-15-29/h3-24,41,43H,2,25-27H2,1H3. The fourth-order valence-electron chi connectivity index (χ4n) is 5.54. The van der Waals surface area contributed by atoms with E-state index in [2.05, 4.69) is 70.5 Å². The van der Waals surface area contributed by atoms with Gasteiger partial charge in [0.25, 0.3) is 0 Å². The van der Waals surface area contributed by atoms with Crippen molar-refractivity contribution in [3.8, 4) is 5.88 Å². The van der Waals surface area contributed by atoms with Crippen molar-refractivity contribution < 1.29 is 14.6 Å². The van der Waals surface area contributed by atoms with Crippen LogP contribution in [0.25, 0.3) is 10.9 Å². The van der Waals surface area contributed by atoms with Gasteiger partial charge in [-0.25, -0.2) is 9.79 Å². The molecule has 1 heterocycles. The zero-order valence-electron chi connectivity index (χ0n) is 25.2. The number of hydrogen-bond acceptors (Lipinski definition) is 5. The molecule has 0 aliphatic heterocycles. The van der Waals surface area contributed by atoms with Gasteiger partial charge in [-0.3, -0.25) is 4.90 Å². The van der Waals surface area contributed by atoms with Crippen LogP contribution in [0.2, 0.25) is 0 Å². The highest BCUT2D eigenvalue weighted by Gasteiger charge is 2.20. The van der Waals surface area contributed by atoms with Crippen molar-refractivity contribution in [1.82, 2.24) is 9.88 Å². The number of benzene rings is 5. The van der Waals surface area contributed by atoms with Crippen LogP contribution in [0.4, 0.5) is 5.69 Å². The number of hydrogen-bond donors (Lipinski definition) is 2. The lowest BCUT2D eigenvalue weighted by atomic mass is 10.00. The molecule has 0 bridgehead atoms. The first kappa shape index (κ1) is 29.6. The van der Waals surface area contributed by atoms with Gasteiger partial charge < -0.3 is 14.8 Å². The summed E-state index contributed by atoms with van der Waals surface area (Å²) in [6.45, 7) is 4.53. The molecule has 0 saturated heterocycles. The van der Waals surface area contributed by atoms with Crippen molar-refractivity contribution in [1.29, 1.82) is 0 Å². The summed E-state index contributed by atoms with van der Waals surface area (Å²) >= 11 is 0. The molecule has 6 aromatic rings. The summed E-state index contributed by atoms with van der Waals surface area (Å²) < 4.78 is 5.16. The average Bonchev–Trinajstić information content (AvgIpc) is 3.40. The second-order valence-electron chi connectivity index (χ2n) is 10.9. The quantitative estimate of drug-likeness (QED) is 0.117. The maximum Gasteiger partial charge on any atom is 0.338 e. The highest BCUT2D eigenvalue weighted by atomic mass is 16.5. The minimum atomic E-state index is -0.404. The van der Waals surface area contributed by atoms with Gasteiger partial charge in [0.2, 0.25) is 0 Å². The highest BCUT2D eigenvalue weighted by molar-refractivity contribution is 6.22. The number of rotatable bonds is 11. The molecule has 0 aliphatic carbocycles. The van der Waals surface area contributed by atoms with Crippen molar-refractivity contribution in [3.63, 3.8) is 0 Å². The maximum absolute atomic E-state index is 12.3. The molecule has 45 heavy (non-hydrogen) atoms. The van der Waals surface area contributed by atoms with Crippen LogP contribution in [-0.2, 0) is 24.4 Å². The summed E-state index contributed by atoms with van der Waals surface area (Å²) in [4.78, 5) is 22.9. The first-order valence-corrected chi connectivity index (χ1v) is 15.1. The third kappa shape index (κ3) is 7.20. The van der Waals surface area contributed by atoms with Crippen LogP contribution in [-0.4, -0.2) is 33.3 Å². The molecular weight excluding hydrogens is 558 g/mol. The van der Waals surface area contributed by atoms with E-state index in [9.17, 15) is 9.90 Å².